The van der Waals surface area contributed by atoms with Gasteiger partial charge in [-0.15, -0.1) is 11.3 Å². The molecule has 6 heteroatoms. The van der Waals surface area contributed by atoms with E-state index in [-0.39, 0.29) is 18.1 Å². The van der Waals surface area contributed by atoms with Gasteiger partial charge in [0.15, 0.2) is 0 Å². The summed E-state index contributed by atoms with van der Waals surface area (Å²) < 4.78 is 17.7. The topological polar surface area (TPSA) is 55.4 Å². The number of benzene rings is 1. The van der Waals surface area contributed by atoms with Gasteiger partial charge in [0, 0.05) is 11.3 Å². The van der Waals surface area contributed by atoms with Gasteiger partial charge in [-0.1, -0.05) is 18.2 Å². The lowest BCUT2D eigenvalue weighted by Gasteiger charge is -2.18. The molecule has 0 spiro atoms. The van der Waals surface area contributed by atoms with Gasteiger partial charge in [0.25, 0.3) is 0 Å². The quantitative estimate of drug-likeness (QED) is 0.741. The van der Waals surface area contributed by atoms with Gasteiger partial charge in [-0.2, -0.15) is 0 Å². The van der Waals surface area contributed by atoms with Crippen LogP contribution in [0.15, 0.2) is 41.8 Å². The molecule has 1 heterocycles. The van der Waals surface area contributed by atoms with Gasteiger partial charge in [0.05, 0.1) is 19.6 Å². The number of methoxy groups -OCH3 is 1. The van der Waals surface area contributed by atoms with E-state index >= 15 is 0 Å². The smallest absolute Gasteiger partial charge is 0.307 e. The Kier molecular flexibility index (Phi) is 6.93. The zero-order valence-electron chi connectivity index (χ0n) is 13.5. The van der Waals surface area contributed by atoms with Crippen LogP contribution in [0.2, 0.25) is 0 Å². The van der Waals surface area contributed by atoms with Crippen molar-refractivity contribution in [2.75, 3.05) is 7.11 Å². The monoisotopic (exact) mass is 349 g/mol. The van der Waals surface area contributed by atoms with E-state index < -0.39 is 12.0 Å². The number of amides is 1. The SMILES string of the molecule is COC(=O)C[C@H](NC(=O)CCCc1cccs1)c1ccc(F)cc1. The van der Waals surface area contributed by atoms with Crippen LogP contribution in [0.1, 0.15) is 35.7 Å². The second kappa shape index (κ2) is 9.17. The molecular formula is C18H20FNO3S. The highest BCUT2D eigenvalue weighted by molar-refractivity contribution is 7.09. The first-order chi connectivity index (χ1) is 11.6. The van der Waals surface area contributed by atoms with Gasteiger partial charge in [-0.25, -0.2) is 4.39 Å². The molecule has 0 radical (unpaired) electrons. The first-order valence-electron chi connectivity index (χ1n) is 7.72. The van der Waals surface area contributed by atoms with Crippen molar-refractivity contribution in [1.82, 2.24) is 5.32 Å². The van der Waals surface area contributed by atoms with E-state index in [1.54, 1.807) is 23.5 Å². The van der Waals surface area contributed by atoms with Gasteiger partial charge in [-0.3, -0.25) is 9.59 Å². The molecule has 0 aliphatic carbocycles. The van der Waals surface area contributed by atoms with Crippen LogP contribution >= 0.6 is 11.3 Å². The zero-order valence-corrected chi connectivity index (χ0v) is 14.3. The summed E-state index contributed by atoms with van der Waals surface area (Å²) in [5.74, 6) is -0.925. The fourth-order valence-electron chi connectivity index (χ4n) is 2.34. The summed E-state index contributed by atoms with van der Waals surface area (Å²) in [5.41, 5.74) is 0.674. The number of hydrogen-bond donors (Lipinski definition) is 1. The summed E-state index contributed by atoms with van der Waals surface area (Å²) in [5, 5.41) is 4.85. The molecule has 0 unspecified atom stereocenters. The number of carbonyl (C=O) groups is 2. The molecule has 1 aromatic heterocycles. The second-order valence-corrected chi connectivity index (χ2v) is 6.42. The van der Waals surface area contributed by atoms with Crippen molar-refractivity contribution in [2.45, 2.75) is 31.7 Å². The largest absolute Gasteiger partial charge is 0.469 e. The molecule has 1 atom stereocenters. The molecule has 0 saturated heterocycles. The number of thiophene rings is 1. The lowest BCUT2D eigenvalue weighted by molar-refractivity contribution is -0.141. The molecule has 2 rings (SSSR count). The number of esters is 1. The average molecular weight is 349 g/mol. The minimum Gasteiger partial charge on any atom is -0.469 e. The van der Waals surface area contributed by atoms with E-state index in [1.807, 2.05) is 17.5 Å². The predicted octanol–water partition coefficient (Wildman–Crippen LogP) is 3.63. The number of rotatable bonds is 8. The highest BCUT2D eigenvalue weighted by Crippen LogP contribution is 2.19. The van der Waals surface area contributed by atoms with E-state index in [4.69, 9.17) is 0 Å². The van der Waals surface area contributed by atoms with Crippen molar-refractivity contribution in [3.63, 3.8) is 0 Å². The summed E-state index contributed by atoms with van der Waals surface area (Å²) >= 11 is 1.67. The molecule has 1 N–H and O–H groups in total. The van der Waals surface area contributed by atoms with Gasteiger partial charge >= 0.3 is 5.97 Å². The fraction of sp³-hybridized carbons (Fsp3) is 0.333. The van der Waals surface area contributed by atoms with Crippen molar-refractivity contribution in [2.24, 2.45) is 0 Å². The van der Waals surface area contributed by atoms with E-state index in [2.05, 4.69) is 10.1 Å². The molecule has 1 amide bonds. The maximum absolute atomic E-state index is 13.1. The van der Waals surface area contributed by atoms with Gasteiger partial charge in [0.2, 0.25) is 5.91 Å². The van der Waals surface area contributed by atoms with E-state index in [1.165, 1.54) is 24.1 Å². The lowest BCUT2D eigenvalue weighted by atomic mass is 10.0. The fourth-order valence-corrected chi connectivity index (χ4v) is 3.09. The van der Waals surface area contributed by atoms with E-state index in [0.717, 1.165) is 12.8 Å². The van der Waals surface area contributed by atoms with Crippen molar-refractivity contribution in [3.05, 3.63) is 58.0 Å². The number of ether oxygens (including phenoxy) is 1. The van der Waals surface area contributed by atoms with Gasteiger partial charge < -0.3 is 10.1 Å². The maximum Gasteiger partial charge on any atom is 0.307 e. The Balaban J connectivity index is 1.92. The zero-order chi connectivity index (χ0) is 17.4. The van der Waals surface area contributed by atoms with E-state index in [0.29, 0.717) is 12.0 Å². The van der Waals surface area contributed by atoms with Crippen LogP contribution in [0, 0.1) is 5.82 Å². The van der Waals surface area contributed by atoms with Crippen LogP contribution in [0.5, 0.6) is 0 Å². The molecular weight excluding hydrogens is 329 g/mol. The minimum atomic E-state index is -0.521. The Labute approximate surface area is 144 Å². The number of halogens is 1. The Morgan fingerprint density at radius 3 is 2.62 bits per heavy atom. The van der Waals surface area contributed by atoms with Crippen LogP contribution in [-0.4, -0.2) is 19.0 Å². The van der Waals surface area contributed by atoms with Crippen molar-refractivity contribution in [3.8, 4) is 0 Å². The Hall–Kier alpha value is -2.21. The van der Waals surface area contributed by atoms with Crippen LogP contribution in [0.3, 0.4) is 0 Å². The molecule has 0 aliphatic heterocycles. The van der Waals surface area contributed by atoms with Crippen LogP contribution in [0.25, 0.3) is 0 Å². The minimum absolute atomic E-state index is 0.0127. The average Bonchev–Trinajstić information content (AvgIpc) is 3.08. The molecule has 0 saturated carbocycles. The maximum atomic E-state index is 13.1. The number of nitrogens with one attached hydrogen (secondary N) is 1. The predicted molar refractivity (Wildman–Crippen MR) is 91.2 cm³/mol. The molecule has 2 aromatic rings. The number of aryl methyl sites for hydroxylation is 1. The van der Waals surface area contributed by atoms with Crippen molar-refractivity contribution < 1.29 is 18.7 Å². The summed E-state index contributed by atoms with van der Waals surface area (Å²) in [4.78, 5) is 25.0. The summed E-state index contributed by atoms with van der Waals surface area (Å²) in [7, 11) is 1.30. The molecule has 24 heavy (non-hydrogen) atoms. The Bertz CT molecular complexity index is 655. The third-order valence-electron chi connectivity index (χ3n) is 3.61. The molecule has 0 fully saturated rings. The van der Waals surface area contributed by atoms with Crippen molar-refractivity contribution in [1.29, 1.82) is 0 Å². The molecule has 128 valence electrons. The van der Waals surface area contributed by atoms with E-state index in [9.17, 15) is 14.0 Å². The summed E-state index contributed by atoms with van der Waals surface area (Å²) in [6.45, 7) is 0. The number of carbonyl (C=O) groups excluding carboxylic acids is 2. The third kappa shape index (κ3) is 5.77. The first-order valence-corrected chi connectivity index (χ1v) is 8.60. The second-order valence-electron chi connectivity index (χ2n) is 5.38. The van der Waals surface area contributed by atoms with Gasteiger partial charge in [0.1, 0.15) is 5.82 Å². The normalized spacial score (nSPS) is 11.8. The highest BCUT2D eigenvalue weighted by atomic mass is 32.1. The molecule has 1 aromatic carbocycles. The van der Waals surface area contributed by atoms with Crippen LogP contribution in [0.4, 0.5) is 4.39 Å². The lowest BCUT2D eigenvalue weighted by Crippen LogP contribution is -2.30. The standard InChI is InChI=1S/C18H20FNO3S/c1-23-18(22)12-16(13-7-9-14(19)10-8-13)20-17(21)6-2-4-15-5-3-11-24-15/h3,5,7-11,16H,2,4,6,12H2,1H3,(H,20,21)/t16-/m0/s1. The molecule has 0 bridgehead atoms. The highest BCUT2D eigenvalue weighted by Gasteiger charge is 2.19. The van der Waals surface area contributed by atoms with Crippen molar-refractivity contribution >= 4 is 23.2 Å². The Morgan fingerprint density at radius 1 is 1.25 bits per heavy atom. The molecule has 0 aliphatic rings. The first kappa shape index (κ1) is 18.1. The third-order valence-corrected chi connectivity index (χ3v) is 4.55. The van der Waals surface area contributed by atoms with Gasteiger partial charge in [-0.05, 0) is 42.0 Å². The van der Waals surface area contributed by atoms with Crippen LogP contribution in [-0.2, 0) is 20.7 Å². The number of hydrogen-bond acceptors (Lipinski definition) is 4. The summed E-state index contributed by atoms with van der Waals surface area (Å²) in [6, 6.07) is 9.25. The summed E-state index contributed by atoms with van der Waals surface area (Å²) in [6.07, 6.45) is 1.97. The molecule has 4 nitrogen and oxygen atoms in total. The van der Waals surface area contributed by atoms with Crippen LogP contribution < -0.4 is 5.32 Å². The Morgan fingerprint density at radius 2 is 2.00 bits per heavy atom.